The molecule has 12 heteroatoms. The minimum absolute atomic E-state index is 0.0111. The number of nitrogens with one attached hydrogen (secondary N) is 1. The molecule has 4 rings (SSSR count). The summed E-state index contributed by atoms with van der Waals surface area (Å²) < 4.78 is 39.0. The molecule has 0 saturated carbocycles. The molecule has 0 spiro atoms. The van der Waals surface area contributed by atoms with Gasteiger partial charge in [0.1, 0.15) is 10.6 Å². The van der Waals surface area contributed by atoms with Gasteiger partial charge >= 0.3 is 0 Å². The third kappa shape index (κ3) is 4.69. The first-order chi connectivity index (χ1) is 15.7. The van der Waals surface area contributed by atoms with Gasteiger partial charge < -0.3 is 9.26 Å². The molecule has 172 valence electrons. The molecule has 3 aromatic rings. The SMILES string of the molecule is CCc1nc(CN2C(=O)COc3cc(S(=O)(=O)Nc4cccc(C(C)=O)c4)c(Cl)cc32)no1. The molecule has 1 aliphatic rings. The average Bonchev–Trinajstić information content (AvgIpc) is 3.23. The van der Waals surface area contributed by atoms with Crippen LogP contribution in [0.1, 0.15) is 35.9 Å². The van der Waals surface area contributed by atoms with Crippen molar-refractivity contribution >= 4 is 44.7 Å². The number of rotatable bonds is 7. The molecule has 0 bridgehead atoms. The van der Waals surface area contributed by atoms with Crippen LogP contribution in [0.2, 0.25) is 5.02 Å². The van der Waals surface area contributed by atoms with Crippen LogP contribution in [-0.2, 0) is 27.8 Å². The predicted octanol–water partition coefficient (Wildman–Crippen LogP) is 3.21. The Morgan fingerprint density at radius 2 is 2.06 bits per heavy atom. The molecule has 1 amide bonds. The normalized spacial score (nSPS) is 13.4. The van der Waals surface area contributed by atoms with E-state index in [0.717, 1.165) is 0 Å². The smallest absolute Gasteiger partial charge is 0.265 e. The summed E-state index contributed by atoms with van der Waals surface area (Å²) in [5, 5.41) is 3.73. The van der Waals surface area contributed by atoms with Crippen LogP contribution in [0.25, 0.3) is 0 Å². The van der Waals surface area contributed by atoms with Gasteiger partial charge in [-0.2, -0.15) is 4.98 Å². The topological polar surface area (TPSA) is 132 Å². The maximum Gasteiger partial charge on any atom is 0.265 e. The van der Waals surface area contributed by atoms with Gasteiger partial charge in [0, 0.05) is 23.7 Å². The van der Waals surface area contributed by atoms with Crippen molar-refractivity contribution in [3.8, 4) is 5.75 Å². The number of fused-ring (bicyclic) bond motifs is 1. The number of ether oxygens (including phenoxy) is 1. The highest BCUT2D eigenvalue weighted by atomic mass is 35.5. The number of aryl methyl sites for hydroxylation is 1. The zero-order valence-electron chi connectivity index (χ0n) is 17.7. The number of Topliss-reactive ketones (excluding diaryl/α,β-unsaturated/α-hetero) is 1. The summed E-state index contributed by atoms with van der Waals surface area (Å²) in [6, 6.07) is 8.69. The molecule has 0 unspecified atom stereocenters. The van der Waals surface area contributed by atoms with E-state index >= 15 is 0 Å². The Labute approximate surface area is 194 Å². The summed E-state index contributed by atoms with van der Waals surface area (Å²) >= 11 is 6.32. The monoisotopic (exact) mass is 490 g/mol. The van der Waals surface area contributed by atoms with E-state index < -0.39 is 10.0 Å². The molecule has 2 heterocycles. The minimum atomic E-state index is -4.13. The van der Waals surface area contributed by atoms with Gasteiger partial charge in [-0.15, -0.1) is 0 Å². The molecular formula is C21H19ClN4O6S. The van der Waals surface area contributed by atoms with E-state index in [4.69, 9.17) is 20.9 Å². The highest BCUT2D eigenvalue weighted by Crippen LogP contribution is 2.39. The summed E-state index contributed by atoms with van der Waals surface area (Å²) in [5.41, 5.74) is 0.853. The van der Waals surface area contributed by atoms with Crippen LogP contribution in [0.5, 0.6) is 5.75 Å². The van der Waals surface area contributed by atoms with E-state index in [9.17, 15) is 18.0 Å². The first-order valence-corrected chi connectivity index (χ1v) is 11.8. The van der Waals surface area contributed by atoms with Crippen molar-refractivity contribution in [1.29, 1.82) is 0 Å². The first kappa shape index (κ1) is 22.7. The third-order valence-electron chi connectivity index (χ3n) is 4.88. The number of hydrogen-bond acceptors (Lipinski definition) is 8. The van der Waals surface area contributed by atoms with Gasteiger partial charge in [0.2, 0.25) is 5.89 Å². The number of halogens is 1. The van der Waals surface area contributed by atoms with E-state index in [1.54, 1.807) is 12.1 Å². The van der Waals surface area contributed by atoms with Crippen molar-refractivity contribution < 1.29 is 27.3 Å². The van der Waals surface area contributed by atoms with Gasteiger partial charge in [0.15, 0.2) is 18.2 Å². The maximum absolute atomic E-state index is 13.0. The lowest BCUT2D eigenvalue weighted by molar-refractivity contribution is -0.121. The lowest BCUT2D eigenvalue weighted by Gasteiger charge is -2.29. The largest absolute Gasteiger partial charge is 0.482 e. The molecule has 0 atom stereocenters. The molecule has 10 nitrogen and oxygen atoms in total. The second-order valence-electron chi connectivity index (χ2n) is 7.22. The molecule has 2 aromatic carbocycles. The fraction of sp³-hybridized carbons (Fsp3) is 0.238. The molecule has 1 aromatic heterocycles. The number of hydrogen-bond donors (Lipinski definition) is 1. The van der Waals surface area contributed by atoms with E-state index in [1.165, 1.54) is 36.1 Å². The molecule has 1 N–H and O–H groups in total. The summed E-state index contributed by atoms with van der Waals surface area (Å²) in [4.78, 5) is 29.4. The zero-order valence-corrected chi connectivity index (χ0v) is 19.2. The highest BCUT2D eigenvalue weighted by Gasteiger charge is 2.31. The number of ketones is 1. The second kappa shape index (κ2) is 8.83. The lowest BCUT2D eigenvalue weighted by Crippen LogP contribution is -2.38. The predicted molar refractivity (Wildman–Crippen MR) is 119 cm³/mol. The van der Waals surface area contributed by atoms with E-state index in [2.05, 4.69) is 14.9 Å². The van der Waals surface area contributed by atoms with Crippen LogP contribution in [0.4, 0.5) is 11.4 Å². The van der Waals surface area contributed by atoms with Gasteiger partial charge in [-0.1, -0.05) is 35.8 Å². The molecular weight excluding hydrogens is 472 g/mol. The number of carbonyl (C=O) groups is 2. The van der Waals surface area contributed by atoms with Crippen molar-refractivity contribution in [2.24, 2.45) is 0 Å². The Balaban J connectivity index is 1.66. The van der Waals surface area contributed by atoms with E-state index in [-0.39, 0.29) is 51.9 Å². The van der Waals surface area contributed by atoms with E-state index in [1.807, 2.05) is 6.92 Å². The Kier molecular flexibility index (Phi) is 6.09. The van der Waals surface area contributed by atoms with Gasteiger partial charge in [-0.25, -0.2) is 8.42 Å². The maximum atomic E-state index is 13.0. The molecule has 0 aliphatic carbocycles. The molecule has 1 aliphatic heterocycles. The number of sulfonamides is 1. The average molecular weight is 491 g/mol. The van der Waals surface area contributed by atoms with Crippen molar-refractivity contribution in [1.82, 2.24) is 10.1 Å². The van der Waals surface area contributed by atoms with Gasteiger partial charge in [0.05, 0.1) is 17.3 Å². The fourth-order valence-corrected chi connectivity index (χ4v) is 4.82. The van der Waals surface area contributed by atoms with Crippen molar-refractivity contribution in [3.63, 3.8) is 0 Å². The summed E-state index contributed by atoms with van der Waals surface area (Å²) in [6.07, 6.45) is 0.552. The number of amides is 1. The fourth-order valence-electron chi connectivity index (χ4n) is 3.23. The Hall–Kier alpha value is -3.44. The second-order valence-corrected chi connectivity index (χ2v) is 9.28. The molecule has 0 saturated heterocycles. The molecule has 0 fully saturated rings. The van der Waals surface area contributed by atoms with Crippen LogP contribution in [0.15, 0.2) is 45.8 Å². The molecule has 0 radical (unpaired) electrons. The number of anilines is 2. The number of benzene rings is 2. The van der Waals surface area contributed by atoms with Crippen molar-refractivity contribution in [2.45, 2.75) is 31.7 Å². The quantitative estimate of drug-likeness (QED) is 0.499. The van der Waals surface area contributed by atoms with Crippen LogP contribution >= 0.6 is 11.6 Å². The van der Waals surface area contributed by atoms with Gasteiger partial charge in [-0.3, -0.25) is 19.2 Å². The Morgan fingerprint density at radius 1 is 1.27 bits per heavy atom. The van der Waals surface area contributed by atoms with Gasteiger partial charge in [0.25, 0.3) is 15.9 Å². The zero-order chi connectivity index (χ0) is 23.8. The first-order valence-electron chi connectivity index (χ1n) is 9.90. The summed E-state index contributed by atoms with van der Waals surface area (Å²) in [5.74, 6) is 0.333. The lowest BCUT2D eigenvalue weighted by atomic mass is 10.1. The van der Waals surface area contributed by atoms with Crippen LogP contribution < -0.4 is 14.4 Å². The third-order valence-corrected chi connectivity index (χ3v) is 6.73. The van der Waals surface area contributed by atoms with E-state index in [0.29, 0.717) is 23.7 Å². The Morgan fingerprint density at radius 3 is 2.76 bits per heavy atom. The van der Waals surface area contributed by atoms with Crippen LogP contribution in [0.3, 0.4) is 0 Å². The Bertz CT molecular complexity index is 1350. The summed E-state index contributed by atoms with van der Waals surface area (Å²) in [7, 11) is -4.13. The number of carbonyl (C=O) groups excluding carboxylic acids is 2. The standard InChI is InChI=1S/C21H19ClN4O6S/c1-3-20-23-19(24-32-20)10-26-16-8-15(22)18(9-17(16)31-11-21(26)28)33(29,30)25-14-6-4-5-13(7-14)12(2)27/h4-9,25H,3,10-11H2,1-2H3. The van der Waals surface area contributed by atoms with Crippen molar-refractivity contribution in [2.75, 3.05) is 16.2 Å². The van der Waals surface area contributed by atoms with Crippen LogP contribution in [-0.4, -0.2) is 36.9 Å². The number of nitrogens with zero attached hydrogens (tertiary/aromatic N) is 3. The molecule has 33 heavy (non-hydrogen) atoms. The van der Waals surface area contributed by atoms with Gasteiger partial charge in [-0.05, 0) is 25.1 Å². The minimum Gasteiger partial charge on any atom is -0.482 e. The number of aromatic nitrogens is 2. The summed E-state index contributed by atoms with van der Waals surface area (Å²) in [6.45, 7) is 2.96. The highest BCUT2D eigenvalue weighted by molar-refractivity contribution is 7.92. The van der Waals surface area contributed by atoms with Crippen molar-refractivity contribution in [3.05, 3.63) is 58.7 Å². The van der Waals surface area contributed by atoms with Crippen LogP contribution in [0, 0.1) is 0 Å².